The summed E-state index contributed by atoms with van der Waals surface area (Å²) >= 11 is 0. The van der Waals surface area contributed by atoms with E-state index >= 15 is 0 Å². The van der Waals surface area contributed by atoms with E-state index in [9.17, 15) is 31.9 Å². The summed E-state index contributed by atoms with van der Waals surface area (Å²) in [5.74, 6) is -5.20. The van der Waals surface area contributed by atoms with Crippen LogP contribution in [-0.2, 0) is 11.2 Å². The van der Waals surface area contributed by atoms with E-state index in [-0.39, 0.29) is 12.0 Å². The van der Waals surface area contributed by atoms with Crippen molar-refractivity contribution in [2.45, 2.75) is 19.0 Å². The molecule has 1 N–H and O–H groups in total. The smallest absolute Gasteiger partial charge is 0.454 e. The van der Waals surface area contributed by atoms with Crippen LogP contribution in [0, 0.1) is 11.6 Å². The van der Waals surface area contributed by atoms with Crippen molar-refractivity contribution in [1.29, 1.82) is 0 Å². The highest BCUT2D eigenvalue weighted by Gasteiger charge is 2.43. The second-order valence-corrected chi connectivity index (χ2v) is 4.07. The number of hydrogen-bond acceptors (Lipinski definition) is 2. The van der Waals surface area contributed by atoms with Crippen molar-refractivity contribution in [3.05, 3.63) is 40.5 Å². The zero-order chi connectivity index (χ0) is 14.4. The molecule has 19 heavy (non-hydrogen) atoms. The minimum atomic E-state index is -5.13. The second kappa shape index (κ2) is 4.32. The van der Waals surface area contributed by atoms with Crippen LogP contribution in [0.2, 0.25) is 0 Å². The maximum Gasteiger partial charge on any atom is 0.454 e. The Morgan fingerprint density at radius 3 is 2.37 bits per heavy atom. The van der Waals surface area contributed by atoms with Crippen molar-refractivity contribution in [3.63, 3.8) is 0 Å². The van der Waals surface area contributed by atoms with Crippen molar-refractivity contribution >= 4 is 11.5 Å². The number of ketones is 1. The number of Topliss-reactive ketones (excluding diaryl/α,β-unsaturated/α-hetero) is 1. The summed E-state index contributed by atoms with van der Waals surface area (Å²) in [6, 6.07) is 1.28. The van der Waals surface area contributed by atoms with E-state index in [0.29, 0.717) is 12.1 Å². The molecule has 0 unspecified atom stereocenters. The Hall–Kier alpha value is -1.92. The molecule has 2 nitrogen and oxygen atoms in total. The van der Waals surface area contributed by atoms with Gasteiger partial charge in [0.1, 0.15) is 17.4 Å². The Labute approximate surface area is 104 Å². The molecule has 0 atom stereocenters. The maximum absolute atomic E-state index is 13.4. The Morgan fingerprint density at radius 2 is 1.79 bits per heavy atom. The highest BCUT2D eigenvalue weighted by Crippen LogP contribution is 2.35. The monoisotopic (exact) mass is 278 g/mol. The van der Waals surface area contributed by atoms with E-state index < -0.39 is 46.9 Å². The lowest BCUT2D eigenvalue weighted by molar-refractivity contribution is -0.166. The Kier molecular flexibility index (Phi) is 3.07. The predicted octanol–water partition coefficient (Wildman–Crippen LogP) is 3.31. The topological polar surface area (TPSA) is 37.3 Å². The van der Waals surface area contributed by atoms with Crippen LogP contribution in [0.25, 0.3) is 5.76 Å². The first-order valence-electron chi connectivity index (χ1n) is 5.23. The minimum Gasteiger partial charge on any atom is -0.507 e. The molecule has 0 amide bonds. The summed E-state index contributed by atoms with van der Waals surface area (Å²) in [5, 5.41) is 9.63. The van der Waals surface area contributed by atoms with Gasteiger partial charge in [0.2, 0.25) is 0 Å². The molecule has 0 aliphatic heterocycles. The number of aliphatic hydroxyl groups is 1. The number of hydrogen-bond donors (Lipinski definition) is 1. The summed E-state index contributed by atoms with van der Waals surface area (Å²) in [6.45, 7) is 0. The fourth-order valence-corrected chi connectivity index (χ4v) is 1.99. The Balaban J connectivity index is 2.58. The van der Waals surface area contributed by atoms with E-state index in [1.807, 2.05) is 0 Å². The van der Waals surface area contributed by atoms with Crippen LogP contribution in [0.1, 0.15) is 17.5 Å². The van der Waals surface area contributed by atoms with Crippen LogP contribution < -0.4 is 0 Å². The fourth-order valence-electron chi connectivity index (χ4n) is 1.99. The molecule has 1 aliphatic rings. The number of alkyl halides is 3. The largest absolute Gasteiger partial charge is 0.507 e. The first kappa shape index (κ1) is 13.5. The average Bonchev–Trinajstić information content (AvgIpc) is 2.28. The van der Waals surface area contributed by atoms with Crippen LogP contribution in [0.3, 0.4) is 0 Å². The van der Waals surface area contributed by atoms with Crippen molar-refractivity contribution in [1.82, 2.24) is 0 Å². The van der Waals surface area contributed by atoms with Crippen LogP contribution in [-0.4, -0.2) is 17.1 Å². The molecule has 7 heteroatoms. The molecule has 0 radical (unpaired) electrons. The molecule has 0 spiro atoms. The van der Waals surface area contributed by atoms with Gasteiger partial charge >= 0.3 is 6.18 Å². The number of aliphatic hydroxyl groups excluding tert-OH is 1. The third-order valence-corrected chi connectivity index (χ3v) is 2.86. The number of rotatable bonds is 1. The summed E-state index contributed by atoms with van der Waals surface area (Å²) in [6.07, 6.45) is -5.78. The lowest BCUT2D eigenvalue weighted by atomic mass is 9.88. The number of carbonyl (C=O) groups excluding carboxylic acids is 1. The fraction of sp³-hybridized carbons (Fsp3) is 0.250. The highest BCUT2D eigenvalue weighted by molar-refractivity contribution is 6.05. The molecule has 0 bridgehead atoms. The first-order chi connectivity index (χ1) is 8.71. The molecule has 0 heterocycles. The average molecular weight is 278 g/mol. The van der Waals surface area contributed by atoms with Crippen LogP contribution in [0.15, 0.2) is 17.7 Å². The van der Waals surface area contributed by atoms with Gasteiger partial charge in [-0.05, 0) is 24.5 Å². The van der Waals surface area contributed by atoms with Crippen LogP contribution >= 0.6 is 0 Å². The lowest BCUT2D eigenvalue weighted by Gasteiger charge is -2.20. The van der Waals surface area contributed by atoms with Crippen LogP contribution in [0.4, 0.5) is 22.0 Å². The second-order valence-electron chi connectivity index (χ2n) is 4.07. The van der Waals surface area contributed by atoms with Gasteiger partial charge in [-0.2, -0.15) is 13.2 Å². The molecule has 0 saturated heterocycles. The van der Waals surface area contributed by atoms with Crippen molar-refractivity contribution in [2.24, 2.45) is 0 Å². The van der Waals surface area contributed by atoms with E-state index in [0.717, 1.165) is 0 Å². The number of benzene rings is 1. The van der Waals surface area contributed by atoms with Crippen LogP contribution in [0.5, 0.6) is 0 Å². The first-order valence-corrected chi connectivity index (χ1v) is 5.23. The maximum atomic E-state index is 13.4. The summed E-state index contributed by atoms with van der Waals surface area (Å²) in [4.78, 5) is 11.1. The van der Waals surface area contributed by atoms with Gasteiger partial charge in [0.05, 0.1) is 0 Å². The van der Waals surface area contributed by atoms with Crippen molar-refractivity contribution in [3.8, 4) is 0 Å². The molecule has 0 fully saturated rings. The highest BCUT2D eigenvalue weighted by atomic mass is 19.4. The quantitative estimate of drug-likeness (QED) is 0.800. The number of allylic oxidation sites excluding steroid dienone is 1. The zero-order valence-corrected chi connectivity index (χ0v) is 9.31. The Bertz CT molecular complexity index is 587. The van der Waals surface area contributed by atoms with Gasteiger partial charge in [-0.15, -0.1) is 0 Å². The SMILES string of the molecule is O=C(C1=C(O)c2cc(F)cc(F)c2CC1)C(F)(F)F. The van der Waals surface area contributed by atoms with Gasteiger partial charge in [-0.25, -0.2) is 8.78 Å². The van der Waals surface area contributed by atoms with Gasteiger partial charge in [0.15, 0.2) is 0 Å². The molecule has 1 aromatic carbocycles. The molecule has 2 rings (SSSR count). The predicted molar refractivity (Wildman–Crippen MR) is 55.3 cm³/mol. The van der Waals surface area contributed by atoms with Crippen molar-refractivity contribution in [2.75, 3.05) is 0 Å². The third-order valence-electron chi connectivity index (χ3n) is 2.86. The summed E-state index contributed by atoms with van der Waals surface area (Å²) in [7, 11) is 0. The number of carbonyl (C=O) groups is 1. The van der Waals surface area contributed by atoms with E-state index in [4.69, 9.17) is 0 Å². The molecule has 1 aliphatic carbocycles. The summed E-state index contributed by atoms with van der Waals surface area (Å²) < 4.78 is 63.3. The summed E-state index contributed by atoms with van der Waals surface area (Å²) in [5.41, 5.74) is -1.38. The lowest BCUT2D eigenvalue weighted by Crippen LogP contribution is -2.27. The van der Waals surface area contributed by atoms with Gasteiger partial charge in [-0.3, -0.25) is 4.79 Å². The molecule has 102 valence electrons. The molecular formula is C12H7F5O2. The van der Waals surface area contributed by atoms with Gasteiger partial charge in [-0.1, -0.05) is 0 Å². The minimum absolute atomic E-state index is 0.0994. The van der Waals surface area contributed by atoms with E-state index in [1.165, 1.54) is 0 Å². The van der Waals surface area contributed by atoms with Gasteiger partial charge in [0, 0.05) is 17.2 Å². The number of halogens is 5. The molecule has 1 aromatic rings. The van der Waals surface area contributed by atoms with E-state index in [1.54, 1.807) is 0 Å². The number of fused-ring (bicyclic) bond motifs is 1. The molecule has 0 saturated carbocycles. The normalized spacial score (nSPS) is 15.4. The molecule has 0 aromatic heterocycles. The van der Waals surface area contributed by atoms with Gasteiger partial charge < -0.3 is 5.11 Å². The van der Waals surface area contributed by atoms with E-state index in [2.05, 4.69) is 0 Å². The molecular weight excluding hydrogens is 271 g/mol. The third kappa shape index (κ3) is 2.32. The van der Waals surface area contributed by atoms with Crippen molar-refractivity contribution < 1.29 is 31.9 Å². The Morgan fingerprint density at radius 1 is 1.16 bits per heavy atom. The standard InChI is InChI=1S/C12H7F5O2/c13-5-3-8-6(9(14)4-5)1-2-7(10(8)18)11(19)12(15,16)17/h3-4,18H,1-2H2. The van der Waals surface area contributed by atoms with Gasteiger partial charge in [0.25, 0.3) is 5.78 Å². The zero-order valence-electron chi connectivity index (χ0n) is 9.31.